The molecule has 7 heteroatoms. The molecular formula is C21H43N5O2. The van der Waals surface area contributed by atoms with Gasteiger partial charge in [-0.15, -0.1) is 0 Å². The lowest BCUT2D eigenvalue weighted by Gasteiger charge is -2.30. The minimum Gasteiger partial charge on any atom is -0.444 e. The highest BCUT2D eigenvalue weighted by Crippen LogP contribution is 2.24. The Labute approximate surface area is 171 Å². The Hall–Kier alpha value is -1.31. The average Bonchev–Trinajstić information content (AvgIpc) is 3.11. The summed E-state index contributed by atoms with van der Waals surface area (Å²) in [4.78, 5) is 14.2. The van der Waals surface area contributed by atoms with Crippen molar-refractivity contribution in [2.24, 2.45) is 5.73 Å². The second-order valence-electron chi connectivity index (χ2n) is 8.49. The van der Waals surface area contributed by atoms with Crippen LogP contribution < -0.4 is 21.7 Å². The van der Waals surface area contributed by atoms with E-state index in [1.54, 1.807) is 4.90 Å². The van der Waals surface area contributed by atoms with Crippen LogP contribution in [0, 0.1) is 0 Å². The van der Waals surface area contributed by atoms with Crippen molar-refractivity contribution in [2.75, 3.05) is 45.8 Å². The molecule has 1 amide bonds. The topological polar surface area (TPSA) is 91.6 Å². The first-order valence-corrected chi connectivity index (χ1v) is 10.9. The third-order valence-corrected chi connectivity index (χ3v) is 4.68. The fourth-order valence-corrected chi connectivity index (χ4v) is 3.23. The number of nitrogens with two attached hydrogens (primary N) is 1. The Morgan fingerprint density at radius 2 is 1.68 bits per heavy atom. The van der Waals surface area contributed by atoms with Crippen LogP contribution in [0.2, 0.25) is 0 Å². The number of likely N-dealkylation sites (tertiary alicyclic amines) is 1. The van der Waals surface area contributed by atoms with E-state index in [1.807, 2.05) is 20.8 Å². The number of nitrogens with one attached hydrogen (secondary N) is 3. The summed E-state index contributed by atoms with van der Waals surface area (Å²) >= 11 is 0. The zero-order valence-electron chi connectivity index (χ0n) is 18.3. The Bertz CT molecular complexity index is 451. The number of carbonyl (C=O) groups excluding carboxylic acids is 1. The van der Waals surface area contributed by atoms with Gasteiger partial charge in [0, 0.05) is 18.8 Å². The number of rotatable bonds is 14. The van der Waals surface area contributed by atoms with Crippen LogP contribution in [-0.2, 0) is 4.74 Å². The summed E-state index contributed by atoms with van der Waals surface area (Å²) in [7, 11) is 0. The molecule has 5 N–H and O–H groups in total. The standard InChI is InChI=1S/C21H43N5O2/c1-18(19-10-7-17-26(19)20(27)28-21(2,3)4)25-16-9-15-24-13-6-5-12-23-14-8-11-22/h19,23-25H,1,5-17,22H2,2-4H3. The van der Waals surface area contributed by atoms with E-state index < -0.39 is 5.60 Å². The minimum absolute atomic E-state index is 0.0366. The van der Waals surface area contributed by atoms with Gasteiger partial charge in [0.15, 0.2) is 0 Å². The Morgan fingerprint density at radius 1 is 1.07 bits per heavy atom. The lowest BCUT2D eigenvalue weighted by Crippen LogP contribution is -2.43. The first-order valence-electron chi connectivity index (χ1n) is 10.9. The van der Waals surface area contributed by atoms with Gasteiger partial charge in [-0.3, -0.25) is 4.90 Å². The summed E-state index contributed by atoms with van der Waals surface area (Å²) in [5.41, 5.74) is 5.92. The molecule has 0 saturated carbocycles. The molecule has 1 saturated heterocycles. The first-order chi connectivity index (χ1) is 13.3. The number of nitrogens with zero attached hydrogens (tertiary/aromatic N) is 1. The van der Waals surface area contributed by atoms with Gasteiger partial charge in [-0.2, -0.15) is 0 Å². The van der Waals surface area contributed by atoms with Crippen LogP contribution in [0.25, 0.3) is 0 Å². The van der Waals surface area contributed by atoms with Gasteiger partial charge in [-0.25, -0.2) is 4.79 Å². The Kier molecular flexibility index (Phi) is 12.2. The lowest BCUT2D eigenvalue weighted by molar-refractivity contribution is 0.0245. The van der Waals surface area contributed by atoms with Gasteiger partial charge in [0.05, 0.1) is 6.04 Å². The van der Waals surface area contributed by atoms with Gasteiger partial charge in [0.2, 0.25) is 0 Å². The van der Waals surface area contributed by atoms with Crippen molar-refractivity contribution in [3.8, 4) is 0 Å². The Morgan fingerprint density at radius 3 is 2.29 bits per heavy atom. The van der Waals surface area contributed by atoms with E-state index in [9.17, 15) is 4.79 Å². The Balaban J connectivity index is 2.07. The van der Waals surface area contributed by atoms with Crippen molar-refractivity contribution in [3.05, 3.63) is 12.3 Å². The molecule has 0 radical (unpaired) electrons. The maximum absolute atomic E-state index is 12.4. The maximum atomic E-state index is 12.4. The van der Waals surface area contributed by atoms with Crippen molar-refractivity contribution in [2.45, 2.75) is 70.9 Å². The second-order valence-corrected chi connectivity index (χ2v) is 8.49. The molecule has 0 bridgehead atoms. The fourth-order valence-electron chi connectivity index (χ4n) is 3.23. The smallest absolute Gasteiger partial charge is 0.410 e. The molecule has 0 aromatic rings. The van der Waals surface area contributed by atoms with Gasteiger partial charge in [0.1, 0.15) is 5.60 Å². The van der Waals surface area contributed by atoms with Crippen molar-refractivity contribution in [1.82, 2.24) is 20.9 Å². The highest BCUT2D eigenvalue weighted by Gasteiger charge is 2.33. The zero-order valence-corrected chi connectivity index (χ0v) is 18.3. The quantitative estimate of drug-likeness (QED) is 0.336. The highest BCUT2D eigenvalue weighted by molar-refractivity contribution is 5.69. The van der Waals surface area contributed by atoms with Crippen LogP contribution in [0.4, 0.5) is 4.79 Å². The summed E-state index contributed by atoms with van der Waals surface area (Å²) in [5, 5.41) is 10.3. The molecule has 0 aliphatic carbocycles. The van der Waals surface area contributed by atoms with E-state index in [-0.39, 0.29) is 12.1 Å². The van der Waals surface area contributed by atoms with Gasteiger partial charge in [0.25, 0.3) is 0 Å². The van der Waals surface area contributed by atoms with Crippen molar-refractivity contribution >= 4 is 6.09 Å². The van der Waals surface area contributed by atoms with Gasteiger partial charge in [-0.05, 0) is 92.0 Å². The largest absolute Gasteiger partial charge is 0.444 e. The van der Waals surface area contributed by atoms with Crippen molar-refractivity contribution in [3.63, 3.8) is 0 Å². The lowest BCUT2D eigenvalue weighted by atomic mass is 10.1. The van der Waals surface area contributed by atoms with E-state index in [0.717, 1.165) is 77.2 Å². The molecule has 0 aromatic heterocycles. The normalized spacial score (nSPS) is 17.0. The number of hydrogen-bond donors (Lipinski definition) is 4. The molecule has 1 atom stereocenters. The van der Waals surface area contributed by atoms with Crippen molar-refractivity contribution in [1.29, 1.82) is 0 Å². The predicted molar refractivity (Wildman–Crippen MR) is 116 cm³/mol. The number of amides is 1. The van der Waals surface area contributed by atoms with E-state index >= 15 is 0 Å². The van der Waals surface area contributed by atoms with Crippen molar-refractivity contribution < 1.29 is 9.53 Å². The fraction of sp³-hybridized carbons (Fsp3) is 0.857. The van der Waals surface area contributed by atoms with Gasteiger partial charge in [-0.1, -0.05) is 6.58 Å². The van der Waals surface area contributed by atoms with E-state index in [2.05, 4.69) is 22.5 Å². The number of unbranched alkanes of at least 4 members (excludes halogenated alkanes) is 1. The van der Waals surface area contributed by atoms with Crippen LogP contribution in [0.1, 0.15) is 59.3 Å². The van der Waals surface area contributed by atoms with Crippen LogP contribution in [0.5, 0.6) is 0 Å². The first kappa shape index (κ1) is 24.7. The highest BCUT2D eigenvalue weighted by atomic mass is 16.6. The second kappa shape index (κ2) is 13.8. The molecule has 0 aromatic carbocycles. The van der Waals surface area contributed by atoms with Gasteiger partial charge < -0.3 is 26.4 Å². The SMILES string of the molecule is C=C(NCCCNCCCCNCCCN)C1CCCN1C(=O)OC(C)(C)C. The van der Waals surface area contributed by atoms with Crippen LogP contribution >= 0.6 is 0 Å². The molecule has 1 fully saturated rings. The molecule has 28 heavy (non-hydrogen) atoms. The molecular weight excluding hydrogens is 354 g/mol. The number of hydrogen-bond acceptors (Lipinski definition) is 6. The molecule has 164 valence electrons. The number of ether oxygens (including phenoxy) is 1. The van der Waals surface area contributed by atoms with E-state index in [1.165, 1.54) is 12.8 Å². The third kappa shape index (κ3) is 10.9. The molecule has 7 nitrogen and oxygen atoms in total. The molecule has 1 aliphatic rings. The average molecular weight is 398 g/mol. The van der Waals surface area contributed by atoms with Crippen LogP contribution in [0.15, 0.2) is 12.3 Å². The molecule has 1 aliphatic heterocycles. The summed E-state index contributed by atoms with van der Waals surface area (Å²) in [5.74, 6) is 0. The summed E-state index contributed by atoms with van der Waals surface area (Å²) < 4.78 is 5.52. The zero-order chi connectivity index (χ0) is 20.8. The monoisotopic (exact) mass is 397 g/mol. The minimum atomic E-state index is -0.467. The van der Waals surface area contributed by atoms with Crippen LogP contribution in [-0.4, -0.2) is 68.4 Å². The molecule has 1 heterocycles. The van der Waals surface area contributed by atoms with Gasteiger partial charge >= 0.3 is 6.09 Å². The van der Waals surface area contributed by atoms with E-state index in [0.29, 0.717) is 0 Å². The maximum Gasteiger partial charge on any atom is 0.410 e. The van der Waals surface area contributed by atoms with Crippen LogP contribution in [0.3, 0.4) is 0 Å². The third-order valence-electron chi connectivity index (χ3n) is 4.68. The summed E-state index contributed by atoms with van der Waals surface area (Å²) in [6.07, 6.45) is 6.16. The number of carbonyl (C=O) groups is 1. The summed E-state index contributed by atoms with van der Waals surface area (Å²) in [6, 6.07) is 0.0366. The predicted octanol–water partition coefficient (Wildman–Crippen LogP) is 2.19. The van der Waals surface area contributed by atoms with E-state index in [4.69, 9.17) is 10.5 Å². The molecule has 0 spiro atoms. The summed E-state index contributed by atoms with van der Waals surface area (Å²) in [6.45, 7) is 16.3. The molecule has 1 rings (SSSR count). The molecule has 1 unspecified atom stereocenters.